The summed E-state index contributed by atoms with van der Waals surface area (Å²) in [6, 6.07) is 17.4. The van der Waals surface area contributed by atoms with Crippen LogP contribution in [0.3, 0.4) is 0 Å². The summed E-state index contributed by atoms with van der Waals surface area (Å²) < 4.78 is 24.3. The van der Waals surface area contributed by atoms with Crippen LogP contribution in [0.1, 0.15) is 36.6 Å². The number of ether oxygens (including phenoxy) is 4. The first-order valence-electron chi connectivity index (χ1n) is 13.3. The number of carbonyl (C=O) groups is 1. The SMILES string of the molecule is CCOC(=O)C1=C(C)N=c2sc(=Cc3cc(Cl)cc(Cl)c3OCc3ccccc3)c(=O)n2C1c1ccc(OC)c(OC)c1. The standard InChI is InChI=1S/C32H28Cl2N2O6S/c1-5-41-31(38)27-18(2)35-32-36(28(27)20-11-12-24(39-3)25(14-20)40-4)30(37)26(43-32)15-21-13-22(33)16-23(34)29(21)42-17-19-9-7-6-8-10-19/h6-16,28H,5,17H2,1-4H3. The van der Waals surface area contributed by atoms with Crippen LogP contribution < -0.4 is 29.1 Å². The molecule has 5 rings (SSSR count). The molecule has 1 aliphatic rings. The lowest BCUT2D eigenvalue weighted by Crippen LogP contribution is -2.40. The molecule has 1 unspecified atom stereocenters. The van der Waals surface area contributed by atoms with Crippen molar-refractivity contribution in [1.82, 2.24) is 4.57 Å². The van der Waals surface area contributed by atoms with Gasteiger partial charge in [0.25, 0.3) is 5.56 Å². The van der Waals surface area contributed by atoms with Crippen LogP contribution in [0, 0.1) is 0 Å². The van der Waals surface area contributed by atoms with Crippen molar-refractivity contribution in [3.63, 3.8) is 0 Å². The maximum atomic E-state index is 14.1. The Bertz CT molecular complexity index is 1900. The van der Waals surface area contributed by atoms with E-state index in [4.69, 9.17) is 42.1 Å². The normalized spacial score (nSPS) is 14.7. The van der Waals surface area contributed by atoms with Crippen molar-refractivity contribution in [2.24, 2.45) is 4.99 Å². The minimum Gasteiger partial charge on any atom is -0.493 e. The molecule has 222 valence electrons. The van der Waals surface area contributed by atoms with Crippen LogP contribution in [0.5, 0.6) is 17.2 Å². The second-order valence-electron chi connectivity index (χ2n) is 9.50. The summed E-state index contributed by atoms with van der Waals surface area (Å²) in [4.78, 5) is 32.4. The molecule has 1 atom stereocenters. The number of allylic oxidation sites excluding steroid dienone is 1. The molecule has 8 nitrogen and oxygen atoms in total. The highest BCUT2D eigenvalue weighted by Crippen LogP contribution is 2.37. The molecule has 0 fully saturated rings. The first-order chi connectivity index (χ1) is 20.7. The minimum atomic E-state index is -0.825. The van der Waals surface area contributed by atoms with Gasteiger partial charge in [0, 0.05) is 10.6 Å². The first kappa shape index (κ1) is 30.4. The Balaban J connectivity index is 1.68. The molecule has 2 heterocycles. The number of rotatable bonds is 9. The summed E-state index contributed by atoms with van der Waals surface area (Å²) in [6.07, 6.45) is 1.68. The Morgan fingerprint density at radius 2 is 1.79 bits per heavy atom. The number of fused-ring (bicyclic) bond motifs is 1. The van der Waals surface area contributed by atoms with Crippen LogP contribution in [0.4, 0.5) is 0 Å². The Morgan fingerprint density at radius 3 is 2.49 bits per heavy atom. The number of thiazole rings is 1. The van der Waals surface area contributed by atoms with Gasteiger partial charge < -0.3 is 18.9 Å². The van der Waals surface area contributed by atoms with Gasteiger partial charge in [-0.3, -0.25) is 9.36 Å². The van der Waals surface area contributed by atoms with Crippen LogP contribution >= 0.6 is 34.5 Å². The predicted octanol–water partition coefficient (Wildman–Crippen LogP) is 5.70. The quantitative estimate of drug-likeness (QED) is 0.219. The molecule has 3 aromatic carbocycles. The average molecular weight is 640 g/mol. The van der Waals surface area contributed by atoms with Crippen molar-refractivity contribution < 1.29 is 23.7 Å². The number of methoxy groups -OCH3 is 2. The molecule has 0 bridgehead atoms. The Hall–Kier alpha value is -4.05. The molecule has 0 saturated carbocycles. The molecule has 0 aliphatic carbocycles. The van der Waals surface area contributed by atoms with E-state index in [1.807, 2.05) is 30.3 Å². The van der Waals surface area contributed by atoms with Crippen molar-refractivity contribution in [3.05, 3.63) is 118 Å². The van der Waals surface area contributed by atoms with Crippen molar-refractivity contribution in [1.29, 1.82) is 0 Å². The number of hydrogen-bond acceptors (Lipinski definition) is 8. The second kappa shape index (κ2) is 13.1. The Labute approximate surface area is 262 Å². The van der Waals surface area contributed by atoms with Crippen LogP contribution in [0.2, 0.25) is 10.0 Å². The van der Waals surface area contributed by atoms with E-state index in [1.165, 1.54) is 30.1 Å². The van der Waals surface area contributed by atoms with E-state index >= 15 is 0 Å². The molecular formula is C32H28Cl2N2O6S. The maximum absolute atomic E-state index is 14.1. The summed E-state index contributed by atoms with van der Waals surface area (Å²) in [5.74, 6) is 0.795. The highest BCUT2D eigenvalue weighted by Gasteiger charge is 2.34. The number of carbonyl (C=O) groups excluding carboxylic acids is 1. The van der Waals surface area contributed by atoms with Gasteiger partial charge in [0.15, 0.2) is 16.3 Å². The van der Waals surface area contributed by atoms with Gasteiger partial charge in [0.05, 0.1) is 47.7 Å². The van der Waals surface area contributed by atoms with Gasteiger partial charge in [-0.15, -0.1) is 0 Å². The fourth-order valence-electron chi connectivity index (χ4n) is 4.84. The van der Waals surface area contributed by atoms with Gasteiger partial charge in [0.2, 0.25) is 0 Å². The Kier molecular flexibility index (Phi) is 9.25. The van der Waals surface area contributed by atoms with Crippen LogP contribution in [0.15, 0.2) is 81.7 Å². The van der Waals surface area contributed by atoms with Crippen LogP contribution in [0.25, 0.3) is 6.08 Å². The number of aromatic nitrogens is 1. The largest absolute Gasteiger partial charge is 0.493 e. The zero-order valence-corrected chi connectivity index (χ0v) is 26.2. The molecule has 43 heavy (non-hydrogen) atoms. The van der Waals surface area contributed by atoms with Gasteiger partial charge in [-0.1, -0.05) is 70.9 Å². The maximum Gasteiger partial charge on any atom is 0.338 e. The smallest absolute Gasteiger partial charge is 0.338 e. The van der Waals surface area contributed by atoms with E-state index in [1.54, 1.807) is 50.3 Å². The lowest BCUT2D eigenvalue weighted by Gasteiger charge is -2.25. The van der Waals surface area contributed by atoms with Crippen molar-refractivity contribution in [2.75, 3.05) is 20.8 Å². The molecule has 1 aromatic heterocycles. The number of hydrogen-bond donors (Lipinski definition) is 0. The highest BCUT2D eigenvalue weighted by atomic mass is 35.5. The Morgan fingerprint density at radius 1 is 1.05 bits per heavy atom. The highest BCUT2D eigenvalue weighted by molar-refractivity contribution is 7.07. The number of esters is 1. The number of benzene rings is 3. The molecule has 0 amide bonds. The lowest BCUT2D eigenvalue weighted by molar-refractivity contribution is -0.139. The fraction of sp³-hybridized carbons (Fsp3) is 0.219. The third-order valence-electron chi connectivity index (χ3n) is 6.79. The van der Waals surface area contributed by atoms with E-state index in [0.717, 1.165) is 5.56 Å². The third kappa shape index (κ3) is 6.20. The average Bonchev–Trinajstić information content (AvgIpc) is 3.29. The monoisotopic (exact) mass is 638 g/mol. The second-order valence-corrected chi connectivity index (χ2v) is 11.3. The van der Waals surface area contributed by atoms with Gasteiger partial charge in [-0.05, 0) is 55.3 Å². The van der Waals surface area contributed by atoms with Crippen molar-refractivity contribution in [2.45, 2.75) is 26.5 Å². The molecule has 11 heteroatoms. The van der Waals surface area contributed by atoms with Crippen LogP contribution in [-0.4, -0.2) is 31.4 Å². The first-order valence-corrected chi connectivity index (χ1v) is 14.9. The summed E-state index contributed by atoms with van der Waals surface area (Å²) >= 11 is 14.1. The molecule has 1 aliphatic heterocycles. The van der Waals surface area contributed by atoms with E-state index in [2.05, 4.69) is 4.99 Å². The zero-order valence-electron chi connectivity index (χ0n) is 23.9. The topological polar surface area (TPSA) is 88.4 Å². The molecule has 0 radical (unpaired) electrons. The van der Waals surface area contributed by atoms with Gasteiger partial charge in [-0.2, -0.15) is 0 Å². The summed E-state index contributed by atoms with van der Waals surface area (Å²) in [7, 11) is 3.06. The number of nitrogens with zero attached hydrogens (tertiary/aromatic N) is 2. The van der Waals surface area contributed by atoms with E-state index in [9.17, 15) is 9.59 Å². The lowest BCUT2D eigenvalue weighted by atomic mass is 9.95. The summed E-state index contributed by atoms with van der Waals surface area (Å²) in [5, 5.41) is 0.700. The van der Waals surface area contributed by atoms with E-state index < -0.39 is 12.0 Å². The summed E-state index contributed by atoms with van der Waals surface area (Å²) in [6.45, 7) is 3.89. The van der Waals surface area contributed by atoms with Gasteiger partial charge in [-0.25, -0.2) is 9.79 Å². The van der Waals surface area contributed by atoms with Gasteiger partial charge >= 0.3 is 5.97 Å². The molecule has 4 aromatic rings. The van der Waals surface area contributed by atoms with Gasteiger partial charge in [0.1, 0.15) is 12.4 Å². The molecule has 0 saturated heterocycles. The zero-order chi connectivity index (χ0) is 30.7. The molecular weight excluding hydrogens is 611 g/mol. The van der Waals surface area contributed by atoms with E-state index in [-0.39, 0.29) is 24.3 Å². The predicted molar refractivity (Wildman–Crippen MR) is 167 cm³/mol. The van der Waals surface area contributed by atoms with Crippen molar-refractivity contribution >= 4 is 46.6 Å². The fourth-order valence-corrected chi connectivity index (χ4v) is 6.44. The van der Waals surface area contributed by atoms with Crippen molar-refractivity contribution in [3.8, 4) is 17.2 Å². The van der Waals surface area contributed by atoms with E-state index in [0.29, 0.717) is 53.5 Å². The molecule has 0 spiro atoms. The minimum absolute atomic E-state index is 0.167. The molecule has 0 N–H and O–H groups in total. The summed E-state index contributed by atoms with van der Waals surface area (Å²) in [5.41, 5.74) is 2.45. The number of halogens is 2. The van der Waals surface area contributed by atoms with Crippen LogP contribution in [-0.2, 0) is 16.1 Å². The third-order valence-corrected chi connectivity index (χ3v) is 8.27.